The number of rotatable bonds is 5. The molecule has 3 rings (SSSR count). The molecule has 1 saturated carbocycles. The number of anilines is 1. The molecule has 5 nitrogen and oxygen atoms in total. The standard InChI is InChI=1S/C15H14FN3O2/c16-10-3-1-9(2-4-10)7-13-18-12(15(20)21)8-14(19-13)17-11-5-6-11/h1-4,8,11H,5-7H2,(H,20,21)(H,17,18,19). The van der Waals surface area contributed by atoms with E-state index in [1.807, 2.05) is 0 Å². The first-order chi connectivity index (χ1) is 10.1. The van der Waals surface area contributed by atoms with Crippen molar-refractivity contribution in [1.82, 2.24) is 9.97 Å². The topological polar surface area (TPSA) is 75.1 Å². The highest BCUT2D eigenvalue weighted by Gasteiger charge is 2.22. The molecule has 0 atom stereocenters. The van der Waals surface area contributed by atoms with Crippen molar-refractivity contribution in [3.05, 3.63) is 53.2 Å². The molecule has 6 heteroatoms. The summed E-state index contributed by atoms with van der Waals surface area (Å²) in [6.45, 7) is 0. The second kappa shape index (κ2) is 5.47. The third kappa shape index (κ3) is 3.53. The lowest BCUT2D eigenvalue weighted by Gasteiger charge is -2.08. The largest absolute Gasteiger partial charge is 0.477 e. The molecule has 21 heavy (non-hydrogen) atoms. The van der Waals surface area contributed by atoms with E-state index >= 15 is 0 Å². The Morgan fingerprint density at radius 1 is 1.29 bits per heavy atom. The van der Waals surface area contributed by atoms with E-state index < -0.39 is 5.97 Å². The van der Waals surface area contributed by atoms with Crippen LogP contribution in [0.5, 0.6) is 0 Å². The fourth-order valence-electron chi connectivity index (χ4n) is 1.98. The first kappa shape index (κ1) is 13.5. The van der Waals surface area contributed by atoms with Gasteiger partial charge in [-0.25, -0.2) is 19.2 Å². The Morgan fingerprint density at radius 3 is 2.62 bits per heavy atom. The monoisotopic (exact) mass is 287 g/mol. The van der Waals surface area contributed by atoms with Crippen LogP contribution >= 0.6 is 0 Å². The number of halogens is 1. The summed E-state index contributed by atoms with van der Waals surface area (Å²) in [5.41, 5.74) is 0.793. The van der Waals surface area contributed by atoms with E-state index in [0.29, 0.717) is 24.1 Å². The molecule has 1 fully saturated rings. The minimum Gasteiger partial charge on any atom is -0.477 e. The van der Waals surface area contributed by atoms with Crippen LogP contribution in [0.3, 0.4) is 0 Å². The van der Waals surface area contributed by atoms with Crippen molar-refractivity contribution < 1.29 is 14.3 Å². The maximum absolute atomic E-state index is 12.9. The summed E-state index contributed by atoms with van der Waals surface area (Å²) in [5, 5.41) is 12.3. The van der Waals surface area contributed by atoms with Crippen LogP contribution in [0.1, 0.15) is 34.7 Å². The number of carbonyl (C=O) groups is 1. The van der Waals surface area contributed by atoms with Crippen LogP contribution in [0.25, 0.3) is 0 Å². The number of hydrogen-bond acceptors (Lipinski definition) is 4. The van der Waals surface area contributed by atoms with E-state index in [4.69, 9.17) is 5.11 Å². The number of carboxylic acid groups (broad SMARTS) is 1. The van der Waals surface area contributed by atoms with Gasteiger partial charge in [-0.1, -0.05) is 12.1 Å². The van der Waals surface area contributed by atoms with E-state index in [9.17, 15) is 9.18 Å². The summed E-state index contributed by atoms with van der Waals surface area (Å²) in [4.78, 5) is 19.5. The second-order valence-electron chi connectivity index (χ2n) is 5.08. The maximum atomic E-state index is 12.9. The molecule has 0 aliphatic heterocycles. The summed E-state index contributed by atoms with van der Waals surface area (Å²) in [7, 11) is 0. The van der Waals surface area contributed by atoms with E-state index in [-0.39, 0.29) is 11.5 Å². The minimum absolute atomic E-state index is 0.0368. The van der Waals surface area contributed by atoms with Gasteiger partial charge in [-0.05, 0) is 30.5 Å². The van der Waals surface area contributed by atoms with Crippen LogP contribution in [0.15, 0.2) is 30.3 Å². The molecular weight excluding hydrogens is 273 g/mol. The number of aromatic nitrogens is 2. The van der Waals surface area contributed by atoms with Crippen molar-refractivity contribution in [2.75, 3.05) is 5.32 Å². The number of nitrogens with one attached hydrogen (secondary N) is 1. The maximum Gasteiger partial charge on any atom is 0.354 e. The Kier molecular flexibility index (Phi) is 3.51. The van der Waals surface area contributed by atoms with E-state index in [1.54, 1.807) is 12.1 Å². The lowest BCUT2D eigenvalue weighted by Crippen LogP contribution is -2.11. The molecule has 1 aliphatic rings. The zero-order chi connectivity index (χ0) is 14.8. The molecule has 2 N–H and O–H groups in total. The van der Waals surface area contributed by atoms with Gasteiger partial charge < -0.3 is 10.4 Å². The average molecular weight is 287 g/mol. The SMILES string of the molecule is O=C(O)c1cc(NC2CC2)nc(Cc2ccc(F)cc2)n1. The molecule has 0 saturated heterocycles. The van der Waals surface area contributed by atoms with Gasteiger partial charge in [0.25, 0.3) is 0 Å². The fourth-order valence-corrected chi connectivity index (χ4v) is 1.98. The van der Waals surface area contributed by atoms with Crippen LogP contribution in [-0.4, -0.2) is 27.1 Å². The van der Waals surface area contributed by atoms with Gasteiger partial charge in [0.05, 0.1) is 0 Å². The van der Waals surface area contributed by atoms with Crippen molar-refractivity contribution >= 4 is 11.8 Å². The quantitative estimate of drug-likeness (QED) is 0.883. The summed E-state index contributed by atoms with van der Waals surface area (Å²) in [5.74, 6) is -0.460. The third-order valence-corrected chi connectivity index (χ3v) is 3.20. The number of hydrogen-bond donors (Lipinski definition) is 2. The Balaban J connectivity index is 1.86. The lowest BCUT2D eigenvalue weighted by atomic mass is 10.1. The molecule has 2 aromatic rings. The zero-order valence-corrected chi connectivity index (χ0v) is 11.2. The molecule has 0 spiro atoms. The normalized spacial score (nSPS) is 14.0. The Hall–Kier alpha value is -2.50. The lowest BCUT2D eigenvalue weighted by molar-refractivity contribution is 0.0690. The number of benzene rings is 1. The van der Waals surface area contributed by atoms with Crippen molar-refractivity contribution in [2.45, 2.75) is 25.3 Å². The second-order valence-corrected chi connectivity index (χ2v) is 5.08. The molecule has 1 aromatic heterocycles. The first-order valence-corrected chi connectivity index (χ1v) is 6.72. The van der Waals surface area contributed by atoms with Gasteiger partial charge in [-0.15, -0.1) is 0 Å². The highest BCUT2D eigenvalue weighted by molar-refractivity contribution is 5.86. The van der Waals surface area contributed by atoms with Gasteiger partial charge >= 0.3 is 5.97 Å². The molecule has 108 valence electrons. The van der Waals surface area contributed by atoms with Crippen molar-refractivity contribution in [2.24, 2.45) is 0 Å². The minimum atomic E-state index is -1.09. The van der Waals surface area contributed by atoms with Gasteiger partial charge in [0.1, 0.15) is 17.5 Å². The van der Waals surface area contributed by atoms with Crippen LogP contribution < -0.4 is 5.32 Å². The molecule has 0 bridgehead atoms. The summed E-state index contributed by atoms with van der Waals surface area (Å²) >= 11 is 0. The van der Waals surface area contributed by atoms with Crippen LogP contribution in [0, 0.1) is 5.82 Å². The predicted octanol–water partition coefficient (Wildman–Crippen LogP) is 2.48. The number of nitrogens with zero attached hydrogens (tertiary/aromatic N) is 2. The highest BCUT2D eigenvalue weighted by Crippen LogP contribution is 2.24. The summed E-state index contributed by atoms with van der Waals surface area (Å²) < 4.78 is 12.9. The number of carboxylic acids is 1. The third-order valence-electron chi connectivity index (χ3n) is 3.20. The first-order valence-electron chi connectivity index (χ1n) is 6.72. The Morgan fingerprint density at radius 2 is 2.00 bits per heavy atom. The zero-order valence-electron chi connectivity index (χ0n) is 11.2. The van der Waals surface area contributed by atoms with Crippen LogP contribution in [0.4, 0.5) is 10.2 Å². The molecule has 0 amide bonds. The van der Waals surface area contributed by atoms with E-state index in [1.165, 1.54) is 18.2 Å². The average Bonchev–Trinajstić information content (AvgIpc) is 3.25. The van der Waals surface area contributed by atoms with Crippen LogP contribution in [-0.2, 0) is 6.42 Å². The smallest absolute Gasteiger partial charge is 0.354 e. The molecular formula is C15H14FN3O2. The molecule has 1 aliphatic carbocycles. The van der Waals surface area contributed by atoms with Crippen molar-refractivity contribution in [3.63, 3.8) is 0 Å². The predicted molar refractivity (Wildman–Crippen MR) is 74.8 cm³/mol. The van der Waals surface area contributed by atoms with Gasteiger partial charge in [-0.3, -0.25) is 0 Å². The van der Waals surface area contributed by atoms with Gasteiger partial charge in [0, 0.05) is 18.5 Å². The molecule has 1 heterocycles. The Bertz CT molecular complexity index is 669. The fraction of sp³-hybridized carbons (Fsp3) is 0.267. The van der Waals surface area contributed by atoms with Crippen molar-refractivity contribution in [3.8, 4) is 0 Å². The van der Waals surface area contributed by atoms with E-state index in [2.05, 4.69) is 15.3 Å². The summed E-state index contributed by atoms with van der Waals surface area (Å²) in [6.07, 6.45) is 2.50. The Labute approximate surface area is 120 Å². The highest BCUT2D eigenvalue weighted by atomic mass is 19.1. The summed E-state index contributed by atoms with van der Waals surface area (Å²) in [6, 6.07) is 7.81. The molecule has 0 unspecified atom stereocenters. The molecule has 0 radical (unpaired) electrons. The number of aromatic carboxylic acids is 1. The van der Waals surface area contributed by atoms with Gasteiger partial charge in [0.15, 0.2) is 5.69 Å². The van der Waals surface area contributed by atoms with Crippen molar-refractivity contribution in [1.29, 1.82) is 0 Å². The van der Waals surface area contributed by atoms with Gasteiger partial charge in [0.2, 0.25) is 0 Å². The molecule has 1 aromatic carbocycles. The van der Waals surface area contributed by atoms with Crippen LogP contribution in [0.2, 0.25) is 0 Å². The van der Waals surface area contributed by atoms with E-state index in [0.717, 1.165) is 18.4 Å². The van der Waals surface area contributed by atoms with Gasteiger partial charge in [-0.2, -0.15) is 0 Å².